The van der Waals surface area contributed by atoms with Gasteiger partial charge in [0.25, 0.3) is 0 Å². The number of piperidine rings is 1. The van der Waals surface area contributed by atoms with E-state index in [9.17, 15) is 10.1 Å². The molecule has 2 aromatic carbocycles. The minimum Gasteiger partial charge on any atom is -0.492 e. The van der Waals surface area contributed by atoms with Crippen LogP contribution in [0.3, 0.4) is 0 Å². The topological polar surface area (TPSA) is 112 Å². The highest BCUT2D eigenvalue weighted by atomic mass is 16.5. The molecule has 0 spiro atoms. The van der Waals surface area contributed by atoms with Gasteiger partial charge in [-0.1, -0.05) is 12.1 Å². The number of morpholine rings is 1. The van der Waals surface area contributed by atoms with Crippen molar-refractivity contribution in [3.63, 3.8) is 0 Å². The number of nitriles is 1. The highest BCUT2D eigenvalue weighted by molar-refractivity contribution is 5.77. The Labute approximate surface area is 235 Å². The van der Waals surface area contributed by atoms with Gasteiger partial charge in [0.2, 0.25) is 5.91 Å². The van der Waals surface area contributed by atoms with E-state index >= 15 is 0 Å². The zero-order valence-electron chi connectivity index (χ0n) is 22.7. The molecule has 0 atom stereocenters. The minimum absolute atomic E-state index is 0.206. The number of amides is 1. The standard InChI is InChI=1S/C31H35N5O4/c32-21-26-20-25(3-6-29(26)40-16-10-23-8-12-36(13-9-23)31(38)22-37)28-7-11-33-30(34-28)19-24-1-4-27(5-2-24)35-14-17-39-18-15-35/h1-7,11,20,23,37H,8-10,12-19,22H2. The molecule has 40 heavy (non-hydrogen) atoms. The molecule has 2 fully saturated rings. The summed E-state index contributed by atoms with van der Waals surface area (Å²) in [5.41, 5.74) is 4.42. The smallest absolute Gasteiger partial charge is 0.248 e. The number of hydrogen-bond acceptors (Lipinski definition) is 8. The van der Waals surface area contributed by atoms with Crippen LogP contribution >= 0.6 is 0 Å². The summed E-state index contributed by atoms with van der Waals surface area (Å²) in [6, 6.07) is 18.2. The number of likely N-dealkylation sites (tertiary alicyclic amines) is 1. The van der Waals surface area contributed by atoms with Crippen LogP contribution < -0.4 is 9.64 Å². The molecule has 208 valence electrons. The van der Waals surface area contributed by atoms with Crippen molar-refractivity contribution in [2.75, 3.05) is 57.5 Å². The summed E-state index contributed by atoms with van der Waals surface area (Å²) >= 11 is 0. The van der Waals surface area contributed by atoms with Gasteiger partial charge in [-0.3, -0.25) is 4.79 Å². The van der Waals surface area contributed by atoms with Crippen LogP contribution in [0.15, 0.2) is 54.7 Å². The van der Waals surface area contributed by atoms with Crippen molar-refractivity contribution >= 4 is 11.6 Å². The van der Waals surface area contributed by atoms with Gasteiger partial charge in [0.05, 0.1) is 31.1 Å². The second kappa shape index (κ2) is 13.4. The largest absolute Gasteiger partial charge is 0.492 e. The fourth-order valence-electron chi connectivity index (χ4n) is 5.28. The Morgan fingerprint density at radius 3 is 2.58 bits per heavy atom. The molecule has 0 aliphatic carbocycles. The van der Waals surface area contributed by atoms with Crippen molar-refractivity contribution in [3.8, 4) is 23.1 Å². The lowest BCUT2D eigenvalue weighted by atomic mass is 9.94. The van der Waals surface area contributed by atoms with Crippen LogP contribution in [-0.2, 0) is 16.0 Å². The molecule has 3 aromatic rings. The van der Waals surface area contributed by atoms with Crippen LogP contribution in [-0.4, -0.2) is 78.5 Å². The number of carbonyl (C=O) groups is 1. The number of anilines is 1. The highest BCUT2D eigenvalue weighted by Crippen LogP contribution is 2.27. The van der Waals surface area contributed by atoms with E-state index in [2.05, 4.69) is 40.2 Å². The Balaban J connectivity index is 1.17. The van der Waals surface area contributed by atoms with E-state index in [1.807, 2.05) is 24.3 Å². The number of benzene rings is 2. The molecule has 1 aromatic heterocycles. The molecule has 0 bridgehead atoms. The Bertz CT molecular complexity index is 1330. The first kappa shape index (κ1) is 27.6. The van der Waals surface area contributed by atoms with Crippen molar-refractivity contribution in [1.82, 2.24) is 14.9 Å². The van der Waals surface area contributed by atoms with Crippen LogP contribution in [0.5, 0.6) is 5.75 Å². The summed E-state index contributed by atoms with van der Waals surface area (Å²) in [6.07, 6.45) is 5.03. The molecule has 0 saturated carbocycles. The summed E-state index contributed by atoms with van der Waals surface area (Å²) in [5, 5.41) is 18.8. The van der Waals surface area contributed by atoms with Gasteiger partial charge >= 0.3 is 0 Å². The average Bonchev–Trinajstić information content (AvgIpc) is 3.02. The molecule has 1 amide bonds. The third kappa shape index (κ3) is 6.95. The molecule has 2 aliphatic rings. The normalized spacial score (nSPS) is 16.0. The lowest BCUT2D eigenvalue weighted by molar-refractivity contribution is -0.135. The number of aliphatic hydroxyl groups is 1. The van der Waals surface area contributed by atoms with Gasteiger partial charge in [-0.05, 0) is 67.1 Å². The van der Waals surface area contributed by atoms with Crippen molar-refractivity contribution in [1.29, 1.82) is 5.26 Å². The predicted octanol–water partition coefficient (Wildman–Crippen LogP) is 3.44. The molecule has 0 unspecified atom stereocenters. The molecule has 5 rings (SSSR count). The SMILES string of the molecule is N#Cc1cc(-c2ccnc(Cc3ccc(N4CCOCC4)cc3)n2)ccc1OCCC1CCN(C(=O)CO)CC1. The fraction of sp³-hybridized carbons (Fsp3) is 0.419. The van der Waals surface area contributed by atoms with Gasteiger partial charge in [0.15, 0.2) is 0 Å². The Morgan fingerprint density at radius 2 is 1.85 bits per heavy atom. The summed E-state index contributed by atoms with van der Waals surface area (Å²) in [6.45, 7) is 4.76. The maximum absolute atomic E-state index is 11.6. The third-order valence-corrected chi connectivity index (χ3v) is 7.66. The van der Waals surface area contributed by atoms with Gasteiger partial charge in [-0.15, -0.1) is 0 Å². The van der Waals surface area contributed by atoms with Crippen molar-refractivity contribution in [2.24, 2.45) is 5.92 Å². The summed E-state index contributed by atoms with van der Waals surface area (Å²) in [5.74, 6) is 1.54. The third-order valence-electron chi connectivity index (χ3n) is 7.66. The van der Waals surface area contributed by atoms with Crippen LogP contribution in [0, 0.1) is 17.2 Å². The van der Waals surface area contributed by atoms with E-state index in [1.165, 1.54) is 5.69 Å². The van der Waals surface area contributed by atoms with Gasteiger partial charge in [-0.2, -0.15) is 5.26 Å². The highest BCUT2D eigenvalue weighted by Gasteiger charge is 2.22. The molecule has 2 aliphatic heterocycles. The quantitative estimate of drug-likeness (QED) is 0.439. The minimum atomic E-state index is -0.430. The van der Waals surface area contributed by atoms with E-state index in [1.54, 1.807) is 11.1 Å². The average molecular weight is 542 g/mol. The molecule has 9 nitrogen and oxygen atoms in total. The molecule has 0 radical (unpaired) electrons. The summed E-state index contributed by atoms with van der Waals surface area (Å²) in [4.78, 5) is 24.9. The van der Waals surface area contributed by atoms with Crippen LogP contribution in [0.4, 0.5) is 5.69 Å². The maximum atomic E-state index is 11.6. The van der Waals surface area contributed by atoms with Crippen molar-refractivity contribution in [2.45, 2.75) is 25.7 Å². The Morgan fingerprint density at radius 1 is 1.07 bits per heavy atom. The van der Waals surface area contributed by atoms with E-state index in [-0.39, 0.29) is 5.91 Å². The molecular formula is C31H35N5O4. The van der Waals surface area contributed by atoms with E-state index in [0.29, 0.717) is 43.3 Å². The van der Waals surface area contributed by atoms with E-state index < -0.39 is 6.61 Å². The number of hydrogen-bond donors (Lipinski definition) is 1. The first-order valence-electron chi connectivity index (χ1n) is 13.9. The molecular weight excluding hydrogens is 506 g/mol. The van der Waals surface area contributed by atoms with E-state index in [4.69, 9.17) is 19.6 Å². The number of aliphatic hydroxyl groups excluding tert-OH is 1. The molecule has 2 saturated heterocycles. The van der Waals surface area contributed by atoms with Gasteiger partial charge < -0.3 is 24.4 Å². The number of ether oxygens (including phenoxy) is 2. The van der Waals surface area contributed by atoms with Gasteiger partial charge in [0, 0.05) is 50.0 Å². The van der Waals surface area contributed by atoms with Crippen LogP contribution in [0.25, 0.3) is 11.3 Å². The maximum Gasteiger partial charge on any atom is 0.248 e. The van der Waals surface area contributed by atoms with Crippen LogP contribution in [0.2, 0.25) is 0 Å². The lowest BCUT2D eigenvalue weighted by Crippen LogP contribution is -2.40. The van der Waals surface area contributed by atoms with Gasteiger partial charge in [-0.25, -0.2) is 9.97 Å². The second-order valence-electron chi connectivity index (χ2n) is 10.2. The zero-order chi connectivity index (χ0) is 27.7. The molecule has 3 heterocycles. The Hall–Kier alpha value is -4.00. The number of aromatic nitrogens is 2. The fourth-order valence-corrected chi connectivity index (χ4v) is 5.28. The number of nitrogens with zero attached hydrogens (tertiary/aromatic N) is 5. The summed E-state index contributed by atoms with van der Waals surface area (Å²) < 4.78 is 11.4. The zero-order valence-corrected chi connectivity index (χ0v) is 22.7. The predicted molar refractivity (Wildman–Crippen MR) is 151 cm³/mol. The molecule has 9 heteroatoms. The van der Waals surface area contributed by atoms with Crippen molar-refractivity contribution in [3.05, 3.63) is 71.7 Å². The first-order valence-corrected chi connectivity index (χ1v) is 13.9. The number of carbonyl (C=O) groups excluding carboxylic acids is 1. The van der Waals surface area contributed by atoms with E-state index in [0.717, 1.165) is 68.2 Å². The van der Waals surface area contributed by atoms with Crippen LogP contribution in [0.1, 0.15) is 36.2 Å². The molecule has 1 N–H and O–H groups in total. The summed E-state index contributed by atoms with van der Waals surface area (Å²) in [7, 11) is 0. The number of rotatable bonds is 9. The van der Waals surface area contributed by atoms with Crippen molar-refractivity contribution < 1.29 is 19.4 Å². The monoisotopic (exact) mass is 541 g/mol. The van der Waals surface area contributed by atoms with Gasteiger partial charge in [0.1, 0.15) is 24.3 Å². The lowest BCUT2D eigenvalue weighted by Gasteiger charge is -2.31. The second-order valence-corrected chi connectivity index (χ2v) is 10.2. The Kier molecular flexibility index (Phi) is 9.22. The first-order chi connectivity index (χ1) is 19.6.